The van der Waals surface area contributed by atoms with Crippen molar-refractivity contribution in [3.05, 3.63) is 0 Å². The highest BCUT2D eigenvalue weighted by atomic mass is 35.6. The fourth-order valence-corrected chi connectivity index (χ4v) is 2.79. The Morgan fingerprint density at radius 3 is 1.91 bits per heavy atom. The molecule has 0 saturated carbocycles. The first kappa shape index (κ1) is 19.1. The molecule has 0 bridgehead atoms. The third-order valence-corrected chi connectivity index (χ3v) is 4.49. The first-order valence-corrected chi connectivity index (χ1v) is 8.75. The number of amides is 2. The number of alkyl halides is 3. The normalized spacial score (nSPS) is 20.8. The van der Waals surface area contributed by atoms with E-state index in [1.165, 1.54) is 0 Å². The van der Waals surface area contributed by atoms with Gasteiger partial charge in [0.2, 0.25) is 3.79 Å². The number of urea groups is 1. The van der Waals surface area contributed by atoms with Gasteiger partial charge in [-0.2, -0.15) is 0 Å². The maximum atomic E-state index is 12.3. The molecule has 0 spiro atoms. The molecule has 2 amide bonds. The summed E-state index contributed by atoms with van der Waals surface area (Å²) in [6.07, 6.45) is -0.946. The van der Waals surface area contributed by atoms with Crippen LogP contribution >= 0.6 is 47.0 Å². The fraction of sp³-hybridized carbons (Fsp3) is 0.833. The lowest BCUT2D eigenvalue weighted by Crippen LogP contribution is -2.61. The van der Waals surface area contributed by atoms with E-state index in [0.717, 1.165) is 0 Å². The molecule has 2 aliphatic rings. The molecule has 2 aliphatic heterocycles. The highest BCUT2D eigenvalue weighted by Crippen LogP contribution is 2.29. The molecule has 2 fully saturated rings. The smallest absolute Gasteiger partial charge is 0.319 e. The molecule has 0 aromatic rings. The van der Waals surface area contributed by atoms with Crippen LogP contribution < -0.4 is 10.6 Å². The number of morpholine rings is 2. The Hall–Kier alpha value is -0.250. The number of ether oxygens (including phenoxy) is 2. The molecule has 0 aliphatic carbocycles. The van der Waals surface area contributed by atoms with Gasteiger partial charge in [-0.15, -0.1) is 0 Å². The Labute approximate surface area is 155 Å². The average molecular weight is 406 g/mol. The topological polar surface area (TPSA) is 66.1 Å². The van der Waals surface area contributed by atoms with Crippen molar-refractivity contribution in [3.8, 4) is 0 Å². The second-order valence-electron chi connectivity index (χ2n) is 5.07. The minimum atomic E-state index is -1.75. The Balaban J connectivity index is 1.93. The predicted molar refractivity (Wildman–Crippen MR) is 93.1 cm³/mol. The van der Waals surface area contributed by atoms with Gasteiger partial charge < -0.3 is 29.9 Å². The van der Waals surface area contributed by atoms with Crippen molar-refractivity contribution in [2.75, 3.05) is 52.6 Å². The summed E-state index contributed by atoms with van der Waals surface area (Å²) in [5.41, 5.74) is 0. The van der Waals surface area contributed by atoms with Crippen molar-refractivity contribution in [2.24, 2.45) is 0 Å². The zero-order valence-electron chi connectivity index (χ0n) is 12.4. The number of hydrogen-bond donors (Lipinski definition) is 2. The van der Waals surface area contributed by atoms with Crippen LogP contribution in [0.3, 0.4) is 0 Å². The number of thiocarbonyl (C=S) groups is 1. The minimum Gasteiger partial charge on any atom is -0.378 e. The lowest BCUT2D eigenvalue weighted by molar-refractivity contribution is 0.0522. The summed E-state index contributed by atoms with van der Waals surface area (Å²) in [5.74, 6) is 0. The minimum absolute atomic E-state index is 0.332. The summed E-state index contributed by atoms with van der Waals surface area (Å²) in [4.78, 5) is 15.8. The van der Waals surface area contributed by atoms with Crippen LogP contribution in [0.2, 0.25) is 0 Å². The molecule has 2 heterocycles. The van der Waals surface area contributed by atoms with Gasteiger partial charge in [-0.05, 0) is 12.2 Å². The summed E-state index contributed by atoms with van der Waals surface area (Å²) in [6.45, 7) is 4.43. The summed E-state index contributed by atoms with van der Waals surface area (Å²) >= 11 is 23.2. The Morgan fingerprint density at radius 1 is 0.957 bits per heavy atom. The zero-order chi connectivity index (χ0) is 16.9. The Morgan fingerprint density at radius 2 is 1.43 bits per heavy atom. The zero-order valence-corrected chi connectivity index (χ0v) is 15.5. The molecular formula is C12H19Cl3N4O3S. The summed E-state index contributed by atoms with van der Waals surface area (Å²) in [5, 5.41) is 6.00. The standard InChI is InChI=1S/C12H19Cl3N4O3S/c13-12(14,15)9(16-10(20)18-1-5-21-6-2-18)17-11(23)19-3-7-22-8-4-19/h9H,1-8H2,(H,16,20)(H,17,23). The van der Waals surface area contributed by atoms with Gasteiger partial charge in [-0.3, -0.25) is 0 Å². The molecule has 0 aromatic heterocycles. The van der Waals surface area contributed by atoms with E-state index in [4.69, 9.17) is 56.5 Å². The number of nitrogens with one attached hydrogen (secondary N) is 2. The Bertz CT molecular complexity index is 394. The van der Waals surface area contributed by atoms with Crippen LogP contribution in [0, 0.1) is 0 Å². The van der Waals surface area contributed by atoms with Gasteiger partial charge in [0.05, 0.1) is 26.4 Å². The van der Waals surface area contributed by atoms with Gasteiger partial charge in [0.1, 0.15) is 0 Å². The van der Waals surface area contributed by atoms with Crippen LogP contribution in [0.4, 0.5) is 4.79 Å². The van der Waals surface area contributed by atoms with E-state index in [2.05, 4.69) is 10.6 Å². The number of halogens is 3. The summed E-state index contributed by atoms with van der Waals surface area (Å²) in [6, 6.07) is -0.332. The maximum Gasteiger partial charge on any atom is 0.319 e. The van der Waals surface area contributed by atoms with Gasteiger partial charge in [0.15, 0.2) is 11.3 Å². The number of carbonyl (C=O) groups is 1. The number of carbonyl (C=O) groups excluding carboxylic acids is 1. The van der Waals surface area contributed by atoms with E-state index in [-0.39, 0.29) is 6.03 Å². The lowest BCUT2D eigenvalue weighted by Gasteiger charge is -2.35. The van der Waals surface area contributed by atoms with Gasteiger partial charge in [-0.1, -0.05) is 34.8 Å². The van der Waals surface area contributed by atoms with E-state index >= 15 is 0 Å². The molecule has 2 rings (SSSR count). The van der Waals surface area contributed by atoms with Crippen molar-refractivity contribution in [3.63, 3.8) is 0 Å². The second kappa shape index (κ2) is 8.73. The van der Waals surface area contributed by atoms with Crippen molar-refractivity contribution in [1.29, 1.82) is 0 Å². The number of rotatable bonds is 2. The maximum absolute atomic E-state index is 12.3. The fourth-order valence-electron chi connectivity index (χ4n) is 2.16. The van der Waals surface area contributed by atoms with E-state index in [1.807, 2.05) is 4.90 Å². The highest BCUT2D eigenvalue weighted by molar-refractivity contribution is 7.80. The monoisotopic (exact) mass is 404 g/mol. The largest absolute Gasteiger partial charge is 0.378 e. The van der Waals surface area contributed by atoms with Crippen LogP contribution in [0.5, 0.6) is 0 Å². The van der Waals surface area contributed by atoms with Crippen LogP contribution in [0.1, 0.15) is 0 Å². The van der Waals surface area contributed by atoms with Crippen LogP contribution in [-0.4, -0.2) is 83.5 Å². The molecule has 132 valence electrons. The molecule has 0 radical (unpaired) electrons. The first-order chi connectivity index (χ1) is 10.9. The van der Waals surface area contributed by atoms with Gasteiger partial charge in [-0.25, -0.2) is 4.79 Å². The van der Waals surface area contributed by atoms with E-state index in [1.54, 1.807) is 4.90 Å². The third-order valence-electron chi connectivity index (χ3n) is 3.46. The summed E-state index contributed by atoms with van der Waals surface area (Å²) in [7, 11) is 0. The molecule has 1 atom stereocenters. The molecule has 7 nitrogen and oxygen atoms in total. The second-order valence-corrected chi connectivity index (χ2v) is 7.83. The summed E-state index contributed by atoms with van der Waals surface area (Å²) < 4.78 is 8.73. The van der Waals surface area contributed by atoms with E-state index in [0.29, 0.717) is 57.7 Å². The SMILES string of the molecule is O=C(NC(NC(=S)N1CCOCC1)C(Cl)(Cl)Cl)N1CCOCC1. The molecule has 1 unspecified atom stereocenters. The molecule has 2 saturated heterocycles. The van der Waals surface area contributed by atoms with Crippen molar-refractivity contribution >= 4 is 58.2 Å². The van der Waals surface area contributed by atoms with E-state index < -0.39 is 9.96 Å². The Kier molecular flexibility index (Phi) is 7.24. The third kappa shape index (κ3) is 5.95. The van der Waals surface area contributed by atoms with Crippen molar-refractivity contribution < 1.29 is 14.3 Å². The number of hydrogen-bond acceptors (Lipinski definition) is 4. The molecule has 11 heteroatoms. The van der Waals surface area contributed by atoms with Gasteiger partial charge >= 0.3 is 6.03 Å². The van der Waals surface area contributed by atoms with Gasteiger partial charge in [0, 0.05) is 26.2 Å². The van der Waals surface area contributed by atoms with Crippen molar-refractivity contribution in [2.45, 2.75) is 9.96 Å². The number of nitrogens with zero attached hydrogens (tertiary/aromatic N) is 2. The van der Waals surface area contributed by atoms with Crippen LogP contribution in [0.15, 0.2) is 0 Å². The molecule has 0 aromatic carbocycles. The first-order valence-electron chi connectivity index (χ1n) is 7.21. The average Bonchev–Trinajstić information content (AvgIpc) is 2.54. The van der Waals surface area contributed by atoms with Gasteiger partial charge in [0.25, 0.3) is 0 Å². The van der Waals surface area contributed by atoms with Crippen LogP contribution in [0.25, 0.3) is 0 Å². The lowest BCUT2D eigenvalue weighted by atomic mass is 10.4. The molecule has 2 N–H and O–H groups in total. The molecule has 23 heavy (non-hydrogen) atoms. The quantitative estimate of drug-likeness (QED) is 0.405. The highest BCUT2D eigenvalue weighted by Gasteiger charge is 2.36. The van der Waals surface area contributed by atoms with Crippen LogP contribution in [-0.2, 0) is 9.47 Å². The predicted octanol–water partition coefficient (Wildman–Crippen LogP) is 0.931. The van der Waals surface area contributed by atoms with E-state index in [9.17, 15) is 4.79 Å². The molecular weight excluding hydrogens is 387 g/mol. The van der Waals surface area contributed by atoms with Crippen molar-refractivity contribution in [1.82, 2.24) is 20.4 Å².